The molecule has 4 nitrogen and oxygen atoms in total. The number of benzene rings is 1. The highest BCUT2D eigenvalue weighted by atomic mass is 16.2. The van der Waals surface area contributed by atoms with Gasteiger partial charge in [-0.25, -0.2) is 0 Å². The van der Waals surface area contributed by atoms with Gasteiger partial charge in [-0.15, -0.1) is 0 Å². The fourth-order valence-corrected chi connectivity index (χ4v) is 2.94. The van der Waals surface area contributed by atoms with Crippen LogP contribution in [0.1, 0.15) is 36.1 Å². The van der Waals surface area contributed by atoms with Crippen molar-refractivity contribution in [3.05, 3.63) is 66.0 Å². The number of nitrogens with zero attached hydrogens (tertiary/aromatic N) is 2. The molecule has 2 heterocycles. The normalized spacial score (nSPS) is 19.5. The van der Waals surface area contributed by atoms with Crippen molar-refractivity contribution in [2.45, 2.75) is 24.9 Å². The zero-order valence-electron chi connectivity index (χ0n) is 11.9. The molecule has 1 amide bonds. The predicted molar refractivity (Wildman–Crippen MR) is 81.3 cm³/mol. The molecule has 0 spiro atoms. The van der Waals surface area contributed by atoms with Crippen LogP contribution in [0.3, 0.4) is 0 Å². The first-order valence-corrected chi connectivity index (χ1v) is 7.28. The second-order valence-electron chi connectivity index (χ2n) is 5.36. The van der Waals surface area contributed by atoms with E-state index in [4.69, 9.17) is 5.73 Å². The van der Waals surface area contributed by atoms with E-state index in [9.17, 15) is 4.79 Å². The van der Waals surface area contributed by atoms with Crippen molar-refractivity contribution in [2.75, 3.05) is 6.54 Å². The lowest BCUT2D eigenvalue weighted by atomic mass is 10.0. The first-order chi connectivity index (χ1) is 10.3. The number of aromatic nitrogens is 1. The van der Waals surface area contributed by atoms with Gasteiger partial charge in [-0.2, -0.15) is 0 Å². The molecule has 0 radical (unpaired) electrons. The number of amides is 1. The summed E-state index contributed by atoms with van der Waals surface area (Å²) < 4.78 is 0. The van der Waals surface area contributed by atoms with Gasteiger partial charge in [0.25, 0.3) is 0 Å². The summed E-state index contributed by atoms with van der Waals surface area (Å²) in [7, 11) is 0. The zero-order valence-corrected chi connectivity index (χ0v) is 11.9. The summed E-state index contributed by atoms with van der Waals surface area (Å²) in [6, 6.07) is 13.0. The lowest BCUT2D eigenvalue weighted by Crippen LogP contribution is -2.38. The van der Waals surface area contributed by atoms with Gasteiger partial charge in [0.15, 0.2) is 0 Å². The van der Waals surface area contributed by atoms with Crippen LogP contribution in [-0.4, -0.2) is 22.3 Å². The molecular formula is C17H19N3O. The molecule has 1 aromatic carbocycles. The van der Waals surface area contributed by atoms with E-state index in [2.05, 4.69) is 4.98 Å². The van der Waals surface area contributed by atoms with Crippen molar-refractivity contribution in [1.82, 2.24) is 9.88 Å². The van der Waals surface area contributed by atoms with Crippen molar-refractivity contribution in [3.63, 3.8) is 0 Å². The number of hydrogen-bond acceptors (Lipinski definition) is 3. The van der Waals surface area contributed by atoms with Crippen molar-refractivity contribution < 1.29 is 4.79 Å². The number of pyridine rings is 1. The lowest BCUT2D eigenvalue weighted by Gasteiger charge is -2.27. The van der Waals surface area contributed by atoms with Crippen LogP contribution in [0.15, 0.2) is 54.9 Å². The lowest BCUT2D eigenvalue weighted by molar-refractivity contribution is -0.133. The second kappa shape index (κ2) is 6.06. The summed E-state index contributed by atoms with van der Waals surface area (Å²) in [4.78, 5) is 18.7. The van der Waals surface area contributed by atoms with Crippen LogP contribution in [0.5, 0.6) is 0 Å². The summed E-state index contributed by atoms with van der Waals surface area (Å²) in [5.41, 5.74) is 8.15. The van der Waals surface area contributed by atoms with Crippen molar-refractivity contribution in [1.29, 1.82) is 0 Å². The monoisotopic (exact) mass is 281 g/mol. The average molecular weight is 281 g/mol. The van der Waals surface area contributed by atoms with Crippen molar-refractivity contribution in [2.24, 2.45) is 5.73 Å². The van der Waals surface area contributed by atoms with Crippen LogP contribution >= 0.6 is 0 Å². The Morgan fingerprint density at radius 1 is 1.19 bits per heavy atom. The fourth-order valence-electron chi connectivity index (χ4n) is 2.94. The minimum atomic E-state index is -0.589. The van der Waals surface area contributed by atoms with Crippen molar-refractivity contribution in [3.8, 4) is 0 Å². The Kier molecular flexibility index (Phi) is 3.97. The minimum Gasteiger partial charge on any atom is -0.334 e. The van der Waals surface area contributed by atoms with Crippen LogP contribution in [0.4, 0.5) is 0 Å². The van der Waals surface area contributed by atoms with E-state index in [-0.39, 0.29) is 11.9 Å². The molecule has 2 aromatic rings. The summed E-state index contributed by atoms with van der Waals surface area (Å²) in [5, 5.41) is 0. The van der Waals surface area contributed by atoms with Crippen LogP contribution in [-0.2, 0) is 4.79 Å². The topological polar surface area (TPSA) is 59.2 Å². The largest absolute Gasteiger partial charge is 0.334 e. The molecule has 2 atom stereocenters. The molecule has 108 valence electrons. The number of carbonyl (C=O) groups excluding carboxylic acids is 1. The maximum absolute atomic E-state index is 12.7. The maximum Gasteiger partial charge on any atom is 0.244 e. The van der Waals surface area contributed by atoms with Crippen LogP contribution < -0.4 is 5.73 Å². The van der Waals surface area contributed by atoms with Gasteiger partial charge in [0.1, 0.15) is 6.04 Å². The quantitative estimate of drug-likeness (QED) is 0.940. The average Bonchev–Trinajstić information content (AvgIpc) is 3.04. The van der Waals surface area contributed by atoms with Gasteiger partial charge in [0.2, 0.25) is 5.91 Å². The second-order valence-corrected chi connectivity index (χ2v) is 5.36. The molecule has 2 N–H and O–H groups in total. The summed E-state index contributed by atoms with van der Waals surface area (Å²) in [5.74, 6) is 0.000474. The Morgan fingerprint density at radius 3 is 2.62 bits per heavy atom. The smallest absolute Gasteiger partial charge is 0.244 e. The SMILES string of the molecule is N[C@H](C(=O)N1CCCC1c1ccncc1)c1ccccc1. The van der Waals surface area contributed by atoms with Gasteiger partial charge in [-0.1, -0.05) is 30.3 Å². The van der Waals surface area contributed by atoms with E-state index in [0.717, 1.165) is 30.5 Å². The summed E-state index contributed by atoms with van der Waals surface area (Å²) >= 11 is 0. The molecule has 1 unspecified atom stereocenters. The molecule has 1 saturated heterocycles. The number of nitrogens with two attached hydrogens (primary N) is 1. The van der Waals surface area contributed by atoms with E-state index in [1.807, 2.05) is 47.4 Å². The van der Waals surface area contributed by atoms with Gasteiger partial charge in [0, 0.05) is 18.9 Å². The Hall–Kier alpha value is -2.20. The summed E-state index contributed by atoms with van der Waals surface area (Å²) in [6.07, 6.45) is 5.54. The molecule has 21 heavy (non-hydrogen) atoms. The minimum absolute atomic E-state index is 0.000474. The van der Waals surface area contributed by atoms with Gasteiger partial charge >= 0.3 is 0 Å². The highest BCUT2D eigenvalue weighted by molar-refractivity contribution is 5.83. The van der Waals surface area contributed by atoms with Crippen LogP contribution in [0, 0.1) is 0 Å². The molecular weight excluding hydrogens is 262 g/mol. The number of likely N-dealkylation sites (tertiary alicyclic amines) is 1. The molecule has 1 aliphatic rings. The fraction of sp³-hybridized carbons (Fsp3) is 0.294. The van der Waals surface area contributed by atoms with Gasteiger partial charge < -0.3 is 10.6 Å². The molecule has 3 rings (SSSR count). The van der Waals surface area contributed by atoms with Gasteiger partial charge in [-0.3, -0.25) is 9.78 Å². The van der Waals surface area contributed by atoms with Crippen LogP contribution in [0.2, 0.25) is 0 Å². The third kappa shape index (κ3) is 2.81. The number of rotatable bonds is 3. The Labute approximate surface area is 124 Å². The van der Waals surface area contributed by atoms with E-state index >= 15 is 0 Å². The molecule has 1 aromatic heterocycles. The third-order valence-corrected chi connectivity index (χ3v) is 4.05. The highest BCUT2D eigenvalue weighted by Gasteiger charge is 2.32. The highest BCUT2D eigenvalue weighted by Crippen LogP contribution is 2.33. The molecule has 1 aliphatic heterocycles. The first-order valence-electron chi connectivity index (χ1n) is 7.28. The zero-order chi connectivity index (χ0) is 14.7. The number of carbonyl (C=O) groups is 1. The molecule has 1 fully saturated rings. The van der Waals surface area contributed by atoms with Gasteiger partial charge in [-0.05, 0) is 36.1 Å². The van der Waals surface area contributed by atoms with E-state index < -0.39 is 6.04 Å². The van der Waals surface area contributed by atoms with Gasteiger partial charge in [0.05, 0.1) is 6.04 Å². The van der Waals surface area contributed by atoms with E-state index in [1.165, 1.54) is 0 Å². The Morgan fingerprint density at radius 2 is 1.90 bits per heavy atom. The Balaban J connectivity index is 1.81. The predicted octanol–water partition coefficient (Wildman–Crippen LogP) is 2.45. The van der Waals surface area contributed by atoms with E-state index in [1.54, 1.807) is 12.4 Å². The summed E-state index contributed by atoms with van der Waals surface area (Å²) in [6.45, 7) is 0.770. The maximum atomic E-state index is 12.7. The molecule has 4 heteroatoms. The molecule has 0 bridgehead atoms. The Bertz CT molecular complexity index is 600. The standard InChI is InChI=1S/C17H19N3O/c18-16(14-5-2-1-3-6-14)17(21)20-12-4-7-15(20)13-8-10-19-11-9-13/h1-3,5-6,8-11,15-16H,4,7,12,18H2/t15?,16-/m0/s1. The molecule has 0 saturated carbocycles. The first kappa shape index (κ1) is 13.8. The third-order valence-electron chi connectivity index (χ3n) is 4.05. The van der Waals surface area contributed by atoms with Crippen molar-refractivity contribution >= 4 is 5.91 Å². The number of hydrogen-bond donors (Lipinski definition) is 1. The van der Waals surface area contributed by atoms with Crippen LogP contribution in [0.25, 0.3) is 0 Å². The van der Waals surface area contributed by atoms with E-state index in [0.29, 0.717) is 0 Å². The molecule has 0 aliphatic carbocycles.